The molecule has 0 aliphatic carbocycles. The predicted molar refractivity (Wildman–Crippen MR) is 80.2 cm³/mol. The smallest absolute Gasteiger partial charge is 0.238 e. The SMILES string of the molecule is CCNC(=O)CN(CC)CC(=O)Nc1ccc(F)c(N)c1. The Morgan fingerprint density at radius 1 is 1.24 bits per heavy atom. The standard InChI is InChI=1S/C14H21FN4O2/c1-3-17-13(20)8-19(4-2)9-14(21)18-10-5-6-11(15)12(16)7-10/h5-7H,3-4,8-9,16H2,1-2H3,(H,17,20)(H,18,21). The molecular weight excluding hydrogens is 275 g/mol. The number of nitrogens with zero attached hydrogens (tertiary/aromatic N) is 1. The summed E-state index contributed by atoms with van der Waals surface area (Å²) >= 11 is 0. The highest BCUT2D eigenvalue weighted by Crippen LogP contribution is 2.16. The third-order valence-corrected chi connectivity index (χ3v) is 2.84. The second-order valence-electron chi connectivity index (χ2n) is 4.54. The molecule has 0 bridgehead atoms. The van der Waals surface area contributed by atoms with E-state index < -0.39 is 5.82 Å². The van der Waals surface area contributed by atoms with Crippen LogP contribution < -0.4 is 16.4 Å². The summed E-state index contributed by atoms with van der Waals surface area (Å²) in [5.41, 5.74) is 5.83. The number of carbonyl (C=O) groups is 2. The minimum Gasteiger partial charge on any atom is -0.396 e. The summed E-state index contributed by atoms with van der Waals surface area (Å²) in [6.45, 7) is 5.05. The Kier molecular flexibility index (Phi) is 6.61. The molecule has 0 aliphatic heterocycles. The first kappa shape index (κ1) is 16.9. The van der Waals surface area contributed by atoms with Crippen LogP contribution in [-0.2, 0) is 9.59 Å². The monoisotopic (exact) mass is 296 g/mol. The lowest BCUT2D eigenvalue weighted by molar-refractivity contribution is -0.123. The van der Waals surface area contributed by atoms with Gasteiger partial charge in [-0.25, -0.2) is 4.39 Å². The maximum Gasteiger partial charge on any atom is 0.238 e. The van der Waals surface area contributed by atoms with Crippen LogP contribution in [-0.4, -0.2) is 42.9 Å². The van der Waals surface area contributed by atoms with Crippen LogP contribution in [0.15, 0.2) is 18.2 Å². The van der Waals surface area contributed by atoms with Crippen LogP contribution in [0.3, 0.4) is 0 Å². The fourth-order valence-corrected chi connectivity index (χ4v) is 1.76. The number of carbonyl (C=O) groups excluding carboxylic acids is 2. The van der Waals surface area contributed by atoms with Crippen LogP contribution in [0, 0.1) is 5.82 Å². The molecule has 0 saturated carbocycles. The van der Waals surface area contributed by atoms with Gasteiger partial charge in [0, 0.05) is 12.2 Å². The number of nitrogens with one attached hydrogen (secondary N) is 2. The van der Waals surface area contributed by atoms with Gasteiger partial charge in [-0.15, -0.1) is 0 Å². The molecule has 0 unspecified atom stereocenters. The minimum absolute atomic E-state index is 0.0255. The van der Waals surface area contributed by atoms with Crippen LogP contribution in [0.2, 0.25) is 0 Å². The van der Waals surface area contributed by atoms with E-state index >= 15 is 0 Å². The van der Waals surface area contributed by atoms with Gasteiger partial charge in [0.2, 0.25) is 11.8 Å². The normalized spacial score (nSPS) is 10.5. The number of hydrogen-bond acceptors (Lipinski definition) is 4. The van der Waals surface area contributed by atoms with E-state index in [4.69, 9.17) is 5.73 Å². The second-order valence-corrected chi connectivity index (χ2v) is 4.54. The number of nitrogen functional groups attached to an aromatic ring is 1. The van der Waals surface area contributed by atoms with E-state index in [2.05, 4.69) is 10.6 Å². The first-order valence-electron chi connectivity index (χ1n) is 6.80. The number of hydrogen-bond donors (Lipinski definition) is 3. The Labute approximate surface area is 123 Å². The summed E-state index contributed by atoms with van der Waals surface area (Å²) in [5, 5.41) is 5.30. The number of amides is 2. The highest BCUT2D eigenvalue weighted by atomic mass is 19.1. The van der Waals surface area contributed by atoms with Crippen molar-refractivity contribution in [3.8, 4) is 0 Å². The van der Waals surface area contributed by atoms with Crippen LogP contribution in [0.4, 0.5) is 15.8 Å². The molecule has 0 saturated heterocycles. The van der Waals surface area contributed by atoms with Crippen molar-refractivity contribution in [2.24, 2.45) is 0 Å². The van der Waals surface area contributed by atoms with Crippen molar-refractivity contribution < 1.29 is 14.0 Å². The lowest BCUT2D eigenvalue weighted by Crippen LogP contribution is -2.41. The second kappa shape index (κ2) is 8.21. The summed E-state index contributed by atoms with van der Waals surface area (Å²) in [6, 6.07) is 3.98. The van der Waals surface area contributed by atoms with E-state index in [0.29, 0.717) is 18.8 Å². The molecule has 1 aromatic carbocycles. The highest BCUT2D eigenvalue weighted by Gasteiger charge is 2.13. The molecule has 0 atom stereocenters. The van der Waals surface area contributed by atoms with Crippen molar-refractivity contribution in [1.82, 2.24) is 10.2 Å². The van der Waals surface area contributed by atoms with Crippen molar-refractivity contribution in [1.29, 1.82) is 0 Å². The quantitative estimate of drug-likeness (QED) is 0.650. The van der Waals surface area contributed by atoms with Crippen LogP contribution in [0.1, 0.15) is 13.8 Å². The number of nitrogens with two attached hydrogens (primary N) is 1. The molecule has 0 aromatic heterocycles. The lowest BCUT2D eigenvalue weighted by atomic mass is 10.2. The van der Waals surface area contributed by atoms with Gasteiger partial charge in [0.25, 0.3) is 0 Å². The van der Waals surface area contributed by atoms with Crippen LogP contribution in [0.25, 0.3) is 0 Å². The van der Waals surface area contributed by atoms with Gasteiger partial charge in [-0.2, -0.15) is 0 Å². The van der Waals surface area contributed by atoms with E-state index in [0.717, 1.165) is 0 Å². The van der Waals surface area contributed by atoms with E-state index in [1.807, 2.05) is 13.8 Å². The van der Waals surface area contributed by atoms with Gasteiger partial charge in [-0.05, 0) is 31.7 Å². The largest absolute Gasteiger partial charge is 0.396 e. The molecule has 6 nitrogen and oxygen atoms in total. The Bertz CT molecular complexity index is 508. The van der Waals surface area contributed by atoms with E-state index in [-0.39, 0.29) is 30.6 Å². The minimum atomic E-state index is -0.528. The first-order valence-corrected chi connectivity index (χ1v) is 6.80. The third-order valence-electron chi connectivity index (χ3n) is 2.84. The maximum atomic E-state index is 13.0. The van der Waals surface area contributed by atoms with Crippen LogP contribution >= 0.6 is 0 Å². The van der Waals surface area contributed by atoms with E-state index in [9.17, 15) is 14.0 Å². The molecule has 1 aromatic rings. The Morgan fingerprint density at radius 2 is 1.90 bits per heavy atom. The summed E-state index contributed by atoms with van der Waals surface area (Å²) < 4.78 is 13.0. The molecule has 2 amide bonds. The molecule has 0 fully saturated rings. The summed E-state index contributed by atoms with van der Waals surface area (Å²) in [6.07, 6.45) is 0. The summed E-state index contributed by atoms with van der Waals surface area (Å²) in [5.74, 6) is -0.940. The van der Waals surface area contributed by atoms with Crippen molar-refractivity contribution in [3.63, 3.8) is 0 Å². The molecule has 7 heteroatoms. The molecule has 21 heavy (non-hydrogen) atoms. The summed E-state index contributed by atoms with van der Waals surface area (Å²) in [7, 11) is 0. The van der Waals surface area contributed by atoms with Crippen molar-refractivity contribution in [2.75, 3.05) is 37.2 Å². The van der Waals surface area contributed by atoms with Crippen LogP contribution in [0.5, 0.6) is 0 Å². The van der Waals surface area contributed by atoms with E-state index in [1.54, 1.807) is 4.90 Å². The predicted octanol–water partition coefficient (Wildman–Crippen LogP) is 0.804. The molecule has 1 rings (SSSR count). The molecule has 0 aliphatic rings. The Balaban J connectivity index is 2.54. The van der Waals surface area contributed by atoms with Gasteiger partial charge in [-0.1, -0.05) is 6.92 Å². The number of likely N-dealkylation sites (N-methyl/N-ethyl adjacent to an activating group) is 2. The molecule has 0 radical (unpaired) electrons. The van der Waals surface area contributed by atoms with Gasteiger partial charge in [-0.3, -0.25) is 14.5 Å². The van der Waals surface area contributed by atoms with Crippen molar-refractivity contribution in [2.45, 2.75) is 13.8 Å². The highest BCUT2D eigenvalue weighted by molar-refractivity contribution is 5.93. The fraction of sp³-hybridized carbons (Fsp3) is 0.429. The zero-order valence-electron chi connectivity index (χ0n) is 12.3. The molecule has 0 heterocycles. The molecule has 4 N–H and O–H groups in total. The average Bonchev–Trinajstić information content (AvgIpc) is 2.42. The van der Waals surface area contributed by atoms with Gasteiger partial charge in [0.15, 0.2) is 0 Å². The molecular formula is C14H21FN4O2. The molecule has 116 valence electrons. The van der Waals surface area contributed by atoms with E-state index in [1.165, 1.54) is 18.2 Å². The Hall–Kier alpha value is -2.15. The van der Waals surface area contributed by atoms with Gasteiger partial charge in [0.05, 0.1) is 18.8 Å². The summed E-state index contributed by atoms with van der Waals surface area (Å²) in [4.78, 5) is 25.1. The van der Waals surface area contributed by atoms with Crippen molar-refractivity contribution >= 4 is 23.2 Å². The van der Waals surface area contributed by atoms with Gasteiger partial charge >= 0.3 is 0 Å². The zero-order chi connectivity index (χ0) is 15.8. The van der Waals surface area contributed by atoms with Gasteiger partial charge < -0.3 is 16.4 Å². The number of benzene rings is 1. The number of halogens is 1. The fourth-order valence-electron chi connectivity index (χ4n) is 1.76. The zero-order valence-corrected chi connectivity index (χ0v) is 12.3. The lowest BCUT2D eigenvalue weighted by Gasteiger charge is -2.19. The number of rotatable bonds is 7. The molecule has 0 spiro atoms. The van der Waals surface area contributed by atoms with Crippen molar-refractivity contribution in [3.05, 3.63) is 24.0 Å². The third kappa shape index (κ3) is 5.78. The topological polar surface area (TPSA) is 87.5 Å². The number of anilines is 2. The van der Waals surface area contributed by atoms with Gasteiger partial charge in [0.1, 0.15) is 5.82 Å². The average molecular weight is 296 g/mol. The first-order chi connectivity index (χ1) is 9.96. The Morgan fingerprint density at radius 3 is 2.48 bits per heavy atom. The maximum absolute atomic E-state index is 13.0.